The molecule has 1 saturated carbocycles. The molecule has 6 heteroatoms. The summed E-state index contributed by atoms with van der Waals surface area (Å²) in [5.74, 6) is 0.984. The summed E-state index contributed by atoms with van der Waals surface area (Å²) < 4.78 is 0. The number of halogens is 2. The Balaban J connectivity index is 1.73. The summed E-state index contributed by atoms with van der Waals surface area (Å²) in [5, 5.41) is 5.50. The molecular weight excluding hydrogens is 469 g/mol. The van der Waals surface area contributed by atoms with E-state index in [2.05, 4.69) is 68.3 Å². The lowest BCUT2D eigenvalue weighted by Crippen LogP contribution is -2.48. The highest BCUT2D eigenvalue weighted by Crippen LogP contribution is 2.43. The molecule has 0 bridgehead atoms. The summed E-state index contributed by atoms with van der Waals surface area (Å²) in [7, 11) is 0. The average Bonchev–Trinajstić information content (AvgIpc) is 3.32. The Kier molecular flexibility index (Phi) is 6.91. The predicted molar refractivity (Wildman–Crippen MR) is 147 cm³/mol. The zero-order valence-corrected chi connectivity index (χ0v) is 22.0. The Morgan fingerprint density at radius 3 is 2.36 bits per heavy atom. The Morgan fingerprint density at radius 1 is 1.09 bits per heavy atom. The summed E-state index contributed by atoms with van der Waals surface area (Å²) in [6.07, 6.45) is 8.60. The van der Waals surface area contributed by atoms with Crippen molar-refractivity contribution < 1.29 is 0 Å². The first-order valence-corrected chi connectivity index (χ1v) is 12.7. The van der Waals surface area contributed by atoms with Crippen molar-refractivity contribution in [3.8, 4) is 0 Å². The van der Waals surface area contributed by atoms with Gasteiger partial charge in [0.05, 0.1) is 6.04 Å². The molecule has 3 nitrogen and oxygen atoms in total. The fourth-order valence-corrected chi connectivity index (χ4v) is 5.55. The summed E-state index contributed by atoms with van der Waals surface area (Å²) in [4.78, 5) is 7.61. The molecule has 1 N–H and O–H groups in total. The SMILES string of the molecule is Cc1ccc(N2C(=S)NC(=N[C@H](/C=C/c3ccc(Cl)cc3Cl)C(C)(C)C)C23CCCC3)cc1. The number of hydrogen-bond donors (Lipinski definition) is 1. The lowest BCUT2D eigenvalue weighted by molar-refractivity contribution is 0.366. The van der Waals surface area contributed by atoms with E-state index in [4.69, 9.17) is 40.4 Å². The van der Waals surface area contributed by atoms with Crippen LogP contribution in [0.25, 0.3) is 6.08 Å². The van der Waals surface area contributed by atoms with E-state index in [1.807, 2.05) is 18.2 Å². The van der Waals surface area contributed by atoms with Gasteiger partial charge in [0.25, 0.3) is 0 Å². The van der Waals surface area contributed by atoms with E-state index in [0.717, 1.165) is 35.0 Å². The van der Waals surface area contributed by atoms with Gasteiger partial charge in [-0.3, -0.25) is 4.99 Å². The van der Waals surface area contributed by atoms with Crippen LogP contribution < -0.4 is 10.2 Å². The van der Waals surface area contributed by atoms with E-state index in [1.165, 1.54) is 18.4 Å². The van der Waals surface area contributed by atoms with E-state index in [0.29, 0.717) is 10.0 Å². The molecular formula is C27H31Cl2N3S. The standard InChI is InChI=1S/C27H31Cl2N3S/c1-18-7-12-21(13-8-18)32-25(33)31-24(27(32)15-5-6-16-27)30-23(26(2,3)4)14-10-19-9-11-20(28)17-22(19)29/h7-14,17,23H,5-6,15-16H2,1-4H3,(H,30,31,33)/b14-10+/t23-/m1/s1. The van der Waals surface area contributed by atoms with Crippen LogP contribution in [0.3, 0.4) is 0 Å². The molecule has 1 atom stereocenters. The third kappa shape index (κ3) is 4.99. The fraction of sp³-hybridized carbons (Fsp3) is 0.407. The first kappa shape index (κ1) is 24.3. The fourth-order valence-electron chi connectivity index (χ4n) is 4.70. The minimum Gasteiger partial charge on any atom is -0.319 e. The number of thiocarbonyl (C=S) groups is 1. The first-order valence-electron chi connectivity index (χ1n) is 11.5. The second-order valence-electron chi connectivity index (χ2n) is 10.2. The van der Waals surface area contributed by atoms with Crippen LogP contribution in [0.15, 0.2) is 53.5 Å². The Hall–Kier alpha value is -1.88. The lowest BCUT2D eigenvalue weighted by Gasteiger charge is -2.35. The van der Waals surface area contributed by atoms with E-state index >= 15 is 0 Å². The maximum Gasteiger partial charge on any atom is 0.179 e. The quantitative estimate of drug-likeness (QED) is 0.434. The molecule has 4 rings (SSSR count). The largest absolute Gasteiger partial charge is 0.319 e. The number of anilines is 1. The van der Waals surface area contributed by atoms with Gasteiger partial charge in [0.1, 0.15) is 11.4 Å². The molecule has 1 saturated heterocycles. The van der Waals surface area contributed by atoms with E-state index in [1.54, 1.807) is 6.07 Å². The van der Waals surface area contributed by atoms with Crippen molar-refractivity contribution in [1.82, 2.24) is 5.32 Å². The second-order valence-corrected chi connectivity index (χ2v) is 11.4. The maximum absolute atomic E-state index is 6.41. The van der Waals surface area contributed by atoms with Crippen LogP contribution in [0.1, 0.15) is 57.6 Å². The van der Waals surface area contributed by atoms with Crippen molar-refractivity contribution in [1.29, 1.82) is 0 Å². The summed E-state index contributed by atoms with van der Waals surface area (Å²) in [6.45, 7) is 8.74. The van der Waals surface area contributed by atoms with Gasteiger partial charge in [-0.15, -0.1) is 0 Å². The molecule has 0 radical (unpaired) electrons. The summed E-state index contributed by atoms with van der Waals surface area (Å²) in [5.41, 5.74) is 3.01. The number of nitrogens with zero attached hydrogens (tertiary/aromatic N) is 2. The van der Waals surface area contributed by atoms with Gasteiger partial charge in [-0.25, -0.2) is 0 Å². The van der Waals surface area contributed by atoms with E-state index in [-0.39, 0.29) is 17.0 Å². The van der Waals surface area contributed by atoms with Crippen LogP contribution in [-0.2, 0) is 0 Å². The molecule has 2 aromatic rings. The van der Waals surface area contributed by atoms with Crippen LogP contribution in [0.4, 0.5) is 5.69 Å². The van der Waals surface area contributed by atoms with Gasteiger partial charge < -0.3 is 10.2 Å². The average molecular weight is 501 g/mol. The van der Waals surface area contributed by atoms with Crippen LogP contribution in [0, 0.1) is 12.3 Å². The molecule has 0 amide bonds. The predicted octanol–water partition coefficient (Wildman–Crippen LogP) is 7.84. The molecule has 174 valence electrons. The van der Waals surface area contributed by atoms with Gasteiger partial charge in [0.15, 0.2) is 5.11 Å². The number of nitrogens with one attached hydrogen (secondary N) is 1. The van der Waals surface area contributed by atoms with Gasteiger partial charge in [0.2, 0.25) is 0 Å². The molecule has 2 fully saturated rings. The molecule has 1 spiro atoms. The van der Waals surface area contributed by atoms with Crippen LogP contribution in [-0.4, -0.2) is 22.5 Å². The van der Waals surface area contributed by atoms with Gasteiger partial charge >= 0.3 is 0 Å². The zero-order chi connectivity index (χ0) is 23.8. The van der Waals surface area contributed by atoms with Crippen molar-refractivity contribution in [3.05, 3.63) is 69.7 Å². The molecule has 1 aliphatic carbocycles. The molecule has 0 unspecified atom stereocenters. The van der Waals surface area contributed by atoms with Crippen molar-refractivity contribution in [2.75, 3.05) is 4.90 Å². The third-order valence-electron chi connectivity index (χ3n) is 6.60. The maximum atomic E-state index is 6.41. The number of aryl methyl sites for hydroxylation is 1. The molecule has 1 aliphatic heterocycles. The Bertz CT molecular complexity index is 1090. The van der Waals surface area contributed by atoms with Gasteiger partial charge in [-0.1, -0.05) is 92.7 Å². The minimum absolute atomic E-state index is 0.0509. The third-order valence-corrected chi connectivity index (χ3v) is 7.44. The highest BCUT2D eigenvalue weighted by Gasteiger charge is 2.51. The summed E-state index contributed by atoms with van der Waals surface area (Å²) >= 11 is 18.3. The van der Waals surface area contributed by atoms with Gasteiger partial charge in [-0.05, 0) is 67.2 Å². The molecule has 2 aromatic carbocycles. The molecule has 2 aliphatic rings. The first-order chi connectivity index (χ1) is 15.6. The lowest BCUT2D eigenvalue weighted by atomic mass is 9.86. The zero-order valence-electron chi connectivity index (χ0n) is 19.7. The Morgan fingerprint density at radius 2 is 1.76 bits per heavy atom. The molecule has 0 aromatic heterocycles. The van der Waals surface area contributed by atoms with Crippen molar-refractivity contribution in [2.45, 2.75) is 65.0 Å². The number of benzene rings is 2. The van der Waals surface area contributed by atoms with Gasteiger partial charge in [-0.2, -0.15) is 0 Å². The number of hydrogen-bond acceptors (Lipinski definition) is 2. The van der Waals surface area contributed by atoms with E-state index < -0.39 is 0 Å². The number of aliphatic imine (C=N–C) groups is 1. The smallest absolute Gasteiger partial charge is 0.179 e. The highest BCUT2D eigenvalue weighted by molar-refractivity contribution is 7.80. The number of amidine groups is 1. The highest BCUT2D eigenvalue weighted by atomic mass is 35.5. The molecule has 1 heterocycles. The van der Waals surface area contributed by atoms with Crippen LogP contribution in [0.5, 0.6) is 0 Å². The monoisotopic (exact) mass is 499 g/mol. The minimum atomic E-state index is -0.207. The van der Waals surface area contributed by atoms with Crippen molar-refractivity contribution in [2.24, 2.45) is 10.4 Å². The van der Waals surface area contributed by atoms with Crippen molar-refractivity contribution >= 4 is 58.1 Å². The number of rotatable bonds is 4. The normalized spacial score (nSPS) is 20.2. The van der Waals surface area contributed by atoms with Gasteiger partial charge in [0, 0.05) is 15.7 Å². The van der Waals surface area contributed by atoms with Crippen LogP contribution in [0.2, 0.25) is 10.0 Å². The summed E-state index contributed by atoms with van der Waals surface area (Å²) in [6, 6.07) is 14.1. The second kappa shape index (κ2) is 9.40. The Labute approximate surface area is 212 Å². The van der Waals surface area contributed by atoms with Crippen LogP contribution >= 0.6 is 35.4 Å². The van der Waals surface area contributed by atoms with E-state index in [9.17, 15) is 0 Å². The molecule has 33 heavy (non-hydrogen) atoms. The topological polar surface area (TPSA) is 27.6 Å². The van der Waals surface area contributed by atoms with Crippen molar-refractivity contribution in [3.63, 3.8) is 0 Å².